The van der Waals surface area contributed by atoms with E-state index in [0.717, 1.165) is 30.6 Å². The quantitative estimate of drug-likeness (QED) is 0.818. The summed E-state index contributed by atoms with van der Waals surface area (Å²) in [5.74, 6) is 1.18. The normalized spacial score (nSPS) is 19.8. The number of aliphatic hydroxyl groups excluding tert-OH is 1. The summed E-state index contributed by atoms with van der Waals surface area (Å²) < 4.78 is 1.95. The Morgan fingerprint density at radius 3 is 2.94 bits per heavy atom. The summed E-state index contributed by atoms with van der Waals surface area (Å²) in [6, 6.07) is 0.525. The summed E-state index contributed by atoms with van der Waals surface area (Å²) >= 11 is 0. The van der Waals surface area contributed by atoms with Gasteiger partial charge in [0, 0.05) is 38.3 Å². The van der Waals surface area contributed by atoms with Crippen LogP contribution in [0.15, 0.2) is 0 Å². The lowest BCUT2D eigenvalue weighted by Gasteiger charge is -2.27. The predicted molar refractivity (Wildman–Crippen MR) is 72.5 cm³/mol. The molecule has 0 aliphatic carbocycles. The molecule has 2 rings (SSSR count). The summed E-state index contributed by atoms with van der Waals surface area (Å²) in [5.41, 5.74) is 8.05. The second kappa shape index (κ2) is 5.71. The molecule has 18 heavy (non-hydrogen) atoms. The van der Waals surface area contributed by atoms with Crippen LogP contribution in [0, 0.1) is 6.92 Å². The molecule has 2 heterocycles. The van der Waals surface area contributed by atoms with Crippen molar-refractivity contribution in [3.8, 4) is 0 Å². The van der Waals surface area contributed by atoms with Crippen LogP contribution in [0.3, 0.4) is 0 Å². The van der Waals surface area contributed by atoms with Crippen molar-refractivity contribution in [1.82, 2.24) is 9.78 Å². The van der Waals surface area contributed by atoms with E-state index in [-0.39, 0.29) is 6.61 Å². The van der Waals surface area contributed by atoms with Gasteiger partial charge in [-0.2, -0.15) is 5.10 Å². The number of aliphatic hydroxyl groups is 1. The number of aryl methyl sites for hydroxylation is 2. The third-order valence-electron chi connectivity index (χ3n) is 3.86. The number of aromatic nitrogens is 2. The second-order valence-electron chi connectivity index (χ2n) is 5.07. The number of nitrogens with zero attached hydrogens (tertiary/aromatic N) is 3. The summed E-state index contributed by atoms with van der Waals surface area (Å²) in [6.07, 6.45) is 4.33. The number of hydrogen-bond donors (Lipinski definition) is 2. The molecule has 1 aromatic heterocycles. The molecule has 1 aliphatic heterocycles. The van der Waals surface area contributed by atoms with Crippen LogP contribution in [-0.2, 0) is 13.6 Å². The number of anilines is 1. The zero-order valence-corrected chi connectivity index (χ0v) is 11.4. The average molecular weight is 252 g/mol. The van der Waals surface area contributed by atoms with Gasteiger partial charge in [-0.05, 0) is 32.6 Å². The van der Waals surface area contributed by atoms with E-state index in [4.69, 9.17) is 10.8 Å². The number of hydrogen-bond acceptors (Lipinski definition) is 4. The van der Waals surface area contributed by atoms with Crippen LogP contribution in [0.1, 0.15) is 36.9 Å². The van der Waals surface area contributed by atoms with Crippen molar-refractivity contribution in [2.45, 2.75) is 45.2 Å². The Hall–Kier alpha value is -1.07. The lowest BCUT2D eigenvalue weighted by atomic mass is 10.1. The topological polar surface area (TPSA) is 67.3 Å². The Kier molecular flexibility index (Phi) is 4.24. The van der Waals surface area contributed by atoms with Crippen LogP contribution in [0.25, 0.3) is 0 Å². The molecule has 102 valence electrons. The van der Waals surface area contributed by atoms with E-state index in [2.05, 4.69) is 10.00 Å². The third kappa shape index (κ3) is 2.37. The lowest BCUT2D eigenvalue weighted by Crippen LogP contribution is -2.32. The van der Waals surface area contributed by atoms with E-state index >= 15 is 0 Å². The van der Waals surface area contributed by atoms with Crippen LogP contribution < -0.4 is 10.6 Å². The first kappa shape index (κ1) is 13.4. The molecule has 5 heteroatoms. The molecule has 0 aromatic carbocycles. The minimum atomic E-state index is 0.276. The first-order chi connectivity index (χ1) is 8.69. The van der Waals surface area contributed by atoms with Gasteiger partial charge in [-0.3, -0.25) is 4.68 Å². The maximum atomic E-state index is 8.99. The van der Waals surface area contributed by atoms with Crippen molar-refractivity contribution in [1.29, 1.82) is 0 Å². The summed E-state index contributed by atoms with van der Waals surface area (Å²) in [4.78, 5) is 2.43. The fourth-order valence-corrected chi connectivity index (χ4v) is 3.03. The van der Waals surface area contributed by atoms with Gasteiger partial charge in [0.1, 0.15) is 5.82 Å². The van der Waals surface area contributed by atoms with Crippen LogP contribution in [0.4, 0.5) is 5.82 Å². The van der Waals surface area contributed by atoms with Crippen molar-refractivity contribution in [2.24, 2.45) is 12.8 Å². The van der Waals surface area contributed by atoms with Crippen LogP contribution in [0.5, 0.6) is 0 Å². The fourth-order valence-electron chi connectivity index (χ4n) is 3.03. The van der Waals surface area contributed by atoms with Gasteiger partial charge in [0.25, 0.3) is 0 Å². The van der Waals surface area contributed by atoms with Crippen molar-refractivity contribution in [3.05, 3.63) is 11.3 Å². The van der Waals surface area contributed by atoms with Crippen molar-refractivity contribution in [2.75, 3.05) is 18.1 Å². The largest absolute Gasteiger partial charge is 0.396 e. The maximum absolute atomic E-state index is 8.99. The van der Waals surface area contributed by atoms with Gasteiger partial charge in [-0.1, -0.05) is 0 Å². The minimum Gasteiger partial charge on any atom is -0.396 e. The van der Waals surface area contributed by atoms with Crippen molar-refractivity contribution >= 4 is 5.82 Å². The molecule has 0 radical (unpaired) electrons. The first-order valence-corrected chi connectivity index (χ1v) is 6.79. The molecule has 1 aromatic rings. The standard InChI is InChI=1S/C13H24N4O/c1-10-12(9-14)13(16(2)15-10)17-7-3-5-11(17)6-4-8-18/h11,18H,3-9,14H2,1-2H3. The molecule has 0 saturated carbocycles. The molecule has 1 atom stereocenters. The highest BCUT2D eigenvalue weighted by Gasteiger charge is 2.28. The van der Waals surface area contributed by atoms with Gasteiger partial charge in [-0.25, -0.2) is 0 Å². The summed E-state index contributed by atoms with van der Waals surface area (Å²) in [7, 11) is 1.99. The van der Waals surface area contributed by atoms with Gasteiger partial charge >= 0.3 is 0 Å². The molecule has 1 fully saturated rings. The monoisotopic (exact) mass is 252 g/mol. The van der Waals surface area contributed by atoms with Crippen molar-refractivity contribution in [3.63, 3.8) is 0 Å². The summed E-state index contributed by atoms with van der Waals surface area (Å²) in [5, 5.41) is 13.5. The van der Waals surface area contributed by atoms with Gasteiger partial charge < -0.3 is 15.7 Å². The predicted octanol–water partition coefficient (Wildman–Crippen LogP) is 0.929. The zero-order chi connectivity index (χ0) is 13.1. The highest BCUT2D eigenvalue weighted by molar-refractivity contribution is 5.51. The van der Waals surface area contributed by atoms with E-state index < -0.39 is 0 Å². The van der Waals surface area contributed by atoms with E-state index in [1.165, 1.54) is 18.7 Å². The van der Waals surface area contributed by atoms with Gasteiger partial charge in [-0.15, -0.1) is 0 Å². The van der Waals surface area contributed by atoms with Crippen LogP contribution >= 0.6 is 0 Å². The van der Waals surface area contributed by atoms with E-state index in [0.29, 0.717) is 12.6 Å². The average Bonchev–Trinajstić information content (AvgIpc) is 2.90. The van der Waals surface area contributed by atoms with E-state index in [9.17, 15) is 0 Å². The molecule has 0 spiro atoms. The smallest absolute Gasteiger partial charge is 0.131 e. The SMILES string of the molecule is Cc1nn(C)c(N2CCCC2CCCO)c1CN. The molecule has 0 bridgehead atoms. The first-order valence-electron chi connectivity index (χ1n) is 6.79. The van der Waals surface area contributed by atoms with Gasteiger partial charge in [0.05, 0.1) is 5.69 Å². The molecule has 1 unspecified atom stereocenters. The van der Waals surface area contributed by atoms with E-state index in [1.807, 2.05) is 18.7 Å². The zero-order valence-electron chi connectivity index (χ0n) is 11.4. The Morgan fingerprint density at radius 2 is 2.28 bits per heavy atom. The number of rotatable bonds is 5. The Bertz CT molecular complexity index is 402. The highest BCUT2D eigenvalue weighted by Crippen LogP contribution is 2.31. The van der Waals surface area contributed by atoms with Gasteiger partial charge in [0.2, 0.25) is 0 Å². The molecule has 5 nitrogen and oxygen atoms in total. The molecule has 0 amide bonds. The maximum Gasteiger partial charge on any atom is 0.131 e. The fraction of sp³-hybridized carbons (Fsp3) is 0.769. The lowest BCUT2D eigenvalue weighted by molar-refractivity contribution is 0.279. The minimum absolute atomic E-state index is 0.276. The summed E-state index contributed by atoms with van der Waals surface area (Å²) in [6.45, 7) is 3.91. The Labute approximate surface area is 109 Å². The molecular formula is C13H24N4O. The molecular weight excluding hydrogens is 228 g/mol. The molecule has 3 N–H and O–H groups in total. The highest BCUT2D eigenvalue weighted by atomic mass is 16.2. The van der Waals surface area contributed by atoms with Gasteiger partial charge in [0.15, 0.2) is 0 Å². The Morgan fingerprint density at radius 1 is 1.50 bits per heavy atom. The molecule has 1 saturated heterocycles. The van der Waals surface area contributed by atoms with E-state index in [1.54, 1.807) is 0 Å². The molecule has 1 aliphatic rings. The third-order valence-corrected chi connectivity index (χ3v) is 3.86. The second-order valence-corrected chi connectivity index (χ2v) is 5.07. The van der Waals surface area contributed by atoms with Crippen molar-refractivity contribution < 1.29 is 5.11 Å². The Balaban J connectivity index is 2.24. The number of nitrogens with two attached hydrogens (primary N) is 1. The van der Waals surface area contributed by atoms with Crippen LogP contribution in [-0.4, -0.2) is 34.1 Å². The van der Waals surface area contributed by atoms with Crippen LogP contribution in [0.2, 0.25) is 0 Å².